The van der Waals surface area contributed by atoms with Crippen LogP contribution in [0.4, 0.5) is 0 Å². The Balaban J connectivity index is 2.75. The van der Waals surface area contributed by atoms with Crippen molar-refractivity contribution in [3.05, 3.63) is 0 Å². The van der Waals surface area contributed by atoms with E-state index in [-0.39, 0.29) is 25.4 Å². The molecule has 1 heterocycles. The lowest BCUT2D eigenvalue weighted by molar-refractivity contribution is -0.303. The van der Waals surface area contributed by atoms with E-state index in [0.717, 1.165) is 0 Å². The zero-order chi connectivity index (χ0) is 19.1. The van der Waals surface area contributed by atoms with Crippen molar-refractivity contribution in [3.63, 3.8) is 0 Å². The first-order chi connectivity index (χ1) is 11.8. The molecular formula is C15H29NO9. The summed E-state index contributed by atoms with van der Waals surface area (Å²) in [6, 6.07) is -0.977. The molecule has 0 aromatic rings. The molecule has 148 valence electrons. The first-order valence-corrected chi connectivity index (χ1v) is 8.34. The van der Waals surface area contributed by atoms with Crippen LogP contribution in [-0.4, -0.2) is 98.7 Å². The summed E-state index contributed by atoms with van der Waals surface area (Å²) in [5, 5.41) is 60.9. The Labute approximate surface area is 146 Å². The second-order valence-electron chi connectivity index (χ2n) is 6.02. The van der Waals surface area contributed by atoms with E-state index >= 15 is 0 Å². The number of hydrogen-bond acceptors (Lipinski definition) is 9. The average Bonchev–Trinajstić information content (AvgIpc) is 2.62. The molecule has 0 spiro atoms. The standard InChI is InChI=1S/C15H29NO9/c1-3-8(18)11(20)7(16-10(19)4-2)6-24-15-14(23)13(22)12(21)9(5-17)25-15/h7-9,11-15,17-18,20-23H,3-6H2,1-2H3,(H,16,19)/t7?,8?,9?,11?,12-,13?,14?,15-/m0/s1. The van der Waals surface area contributed by atoms with E-state index in [1.165, 1.54) is 0 Å². The molecule has 10 nitrogen and oxygen atoms in total. The van der Waals surface area contributed by atoms with E-state index in [2.05, 4.69) is 5.32 Å². The number of aliphatic hydroxyl groups excluding tert-OH is 6. The normalized spacial score (nSPS) is 33.5. The third-order valence-electron chi connectivity index (χ3n) is 4.18. The molecule has 0 aromatic heterocycles. The van der Waals surface area contributed by atoms with Gasteiger partial charge >= 0.3 is 0 Å². The van der Waals surface area contributed by atoms with Gasteiger partial charge in [-0.25, -0.2) is 0 Å². The number of aliphatic hydroxyl groups is 6. The lowest BCUT2D eigenvalue weighted by Crippen LogP contribution is -2.60. The van der Waals surface area contributed by atoms with Crippen LogP contribution < -0.4 is 5.32 Å². The fourth-order valence-corrected chi connectivity index (χ4v) is 2.45. The highest BCUT2D eigenvalue weighted by atomic mass is 16.7. The van der Waals surface area contributed by atoms with Crippen molar-refractivity contribution >= 4 is 5.91 Å². The van der Waals surface area contributed by atoms with E-state index in [4.69, 9.17) is 14.6 Å². The van der Waals surface area contributed by atoms with E-state index in [1.807, 2.05) is 0 Å². The van der Waals surface area contributed by atoms with Crippen LogP contribution in [0.2, 0.25) is 0 Å². The van der Waals surface area contributed by atoms with E-state index in [0.29, 0.717) is 0 Å². The molecule has 0 bridgehead atoms. The molecule has 0 saturated carbocycles. The van der Waals surface area contributed by atoms with Crippen LogP contribution in [-0.2, 0) is 14.3 Å². The minimum Gasteiger partial charge on any atom is -0.394 e. The van der Waals surface area contributed by atoms with Crippen molar-refractivity contribution < 1.29 is 44.9 Å². The maximum atomic E-state index is 11.6. The summed E-state index contributed by atoms with van der Waals surface area (Å²) in [6.45, 7) is 2.35. The van der Waals surface area contributed by atoms with Crippen molar-refractivity contribution in [2.45, 2.75) is 75.6 Å². The maximum absolute atomic E-state index is 11.6. The first kappa shape index (κ1) is 22.2. The van der Waals surface area contributed by atoms with E-state index in [9.17, 15) is 30.3 Å². The fourth-order valence-electron chi connectivity index (χ4n) is 2.45. The lowest BCUT2D eigenvalue weighted by atomic mass is 9.99. The molecule has 1 aliphatic heterocycles. The van der Waals surface area contributed by atoms with Gasteiger partial charge in [0.2, 0.25) is 5.91 Å². The number of rotatable bonds is 9. The summed E-state index contributed by atoms with van der Waals surface area (Å²) in [7, 11) is 0. The highest BCUT2D eigenvalue weighted by Gasteiger charge is 2.44. The minimum absolute atomic E-state index is 0.158. The van der Waals surface area contributed by atoms with Crippen molar-refractivity contribution in [2.24, 2.45) is 0 Å². The van der Waals surface area contributed by atoms with Crippen LogP contribution in [0.25, 0.3) is 0 Å². The van der Waals surface area contributed by atoms with Crippen LogP contribution in [0.1, 0.15) is 26.7 Å². The Kier molecular flexibility index (Phi) is 9.17. The Morgan fingerprint density at radius 3 is 2.32 bits per heavy atom. The van der Waals surface area contributed by atoms with Crippen LogP contribution in [0.5, 0.6) is 0 Å². The van der Waals surface area contributed by atoms with Gasteiger partial charge in [0.05, 0.1) is 25.4 Å². The van der Waals surface area contributed by atoms with Crippen LogP contribution in [0.15, 0.2) is 0 Å². The largest absolute Gasteiger partial charge is 0.394 e. The predicted molar refractivity (Wildman–Crippen MR) is 84.2 cm³/mol. The minimum atomic E-state index is -1.59. The molecule has 1 fully saturated rings. The van der Waals surface area contributed by atoms with Crippen molar-refractivity contribution in [1.29, 1.82) is 0 Å². The smallest absolute Gasteiger partial charge is 0.220 e. The number of amides is 1. The van der Waals surface area contributed by atoms with Crippen molar-refractivity contribution in [1.82, 2.24) is 5.32 Å². The van der Waals surface area contributed by atoms with Gasteiger partial charge in [-0.2, -0.15) is 0 Å². The number of hydrogen-bond donors (Lipinski definition) is 7. The van der Waals surface area contributed by atoms with Crippen LogP contribution >= 0.6 is 0 Å². The second-order valence-corrected chi connectivity index (χ2v) is 6.02. The Hall–Kier alpha value is -0.850. The van der Waals surface area contributed by atoms with Gasteiger partial charge in [0.1, 0.15) is 30.5 Å². The van der Waals surface area contributed by atoms with Gasteiger partial charge in [-0.3, -0.25) is 4.79 Å². The monoisotopic (exact) mass is 367 g/mol. The highest BCUT2D eigenvalue weighted by molar-refractivity contribution is 5.75. The molecule has 8 atom stereocenters. The van der Waals surface area contributed by atoms with E-state index < -0.39 is 55.6 Å². The first-order valence-electron chi connectivity index (χ1n) is 8.34. The van der Waals surface area contributed by atoms with Gasteiger partial charge in [0, 0.05) is 6.42 Å². The second kappa shape index (κ2) is 10.3. The molecule has 7 N–H and O–H groups in total. The zero-order valence-corrected chi connectivity index (χ0v) is 14.4. The van der Waals surface area contributed by atoms with Crippen molar-refractivity contribution in [3.8, 4) is 0 Å². The number of ether oxygens (including phenoxy) is 2. The summed E-state index contributed by atoms with van der Waals surface area (Å²) in [5.41, 5.74) is 0. The predicted octanol–water partition coefficient (Wildman–Crippen LogP) is -3.17. The number of carbonyl (C=O) groups is 1. The SMILES string of the molecule is CCC(=O)NC(CO[C@H]1OC(CO)[C@H](O)C(O)C1O)C(O)C(O)CC. The molecule has 1 aliphatic rings. The summed E-state index contributed by atoms with van der Waals surface area (Å²) < 4.78 is 10.5. The maximum Gasteiger partial charge on any atom is 0.220 e. The molecule has 1 saturated heterocycles. The highest BCUT2D eigenvalue weighted by Crippen LogP contribution is 2.22. The molecule has 10 heteroatoms. The van der Waals surface area contributed by atoms with Gasteiger partial charge in [0.25, 0.3) is 0 Å². The van der Waals surface area contributed by atoms with Crippen molar-refractivity contribution in [2.75, 3.05) is 13.2 Å². The van der Waals surface area contributed by atoms with Gasteiger partial charge in [-0.05, 0) is 6.42 Å². The summed E-state index contributed by atoms with van der Waals surface area (Å²) in [5.74, 6) is -0.371. The Bertz CT molecular complexity index is 408. The summed E-state index contributed by atoms with van der Waals surface area (Å²) in [4.78, 5) is 11.6. The van der Waals surface area contributed by atoms with Gasteiger partial charge < -0.3 is 45.4 Å². The molecule has 1 amide bonds. The molecule has 0 aliphatic carbocycles. The number of nitrogens with one attached hydrogen (secondary N) is 1. The molecular weight excluding hydrogens is 338 g/mol. The van der Waals surface area contributed by atoms with Gasteiger partial charge in [0.15, 0.2) is 6.29 Å². The van der Waals surface area contributed by atoms with Crippen LogP contribution in [0, 0.1) is 0 Å². The zero-order valence-electron chi connectivity index (χ0n) is 14.4. The van der Waals surface area contributed by atoms with Gasteiger partial charge in [-0.1, -0.05) is 13.8 Å². The molecule has 0 aromatic carbocycles. The molecule has 1 rings (SSSR count). The molecule has 25 heavy (non-hydrogen) atoms. The lowest BCUT2D eigenvalue weighted by Gasteiger charge is -2.40. The summed E-state index contributed by atoms with van der Waals surface area (Å²) >= 11 is 0. The number of carbonyl (C=O) groups excluding carboxylic acids is 1. The van der Waals surface area contributed by atoms with Crippen LogP contribution in [0.3, 0.4) is 0 Å². The third kappa shape index (κ3) is 5.83. The van der Waals surface area contributed by atoms with E-state index in [1.54, 1.807) is 13.8 Å². The Morgan fingerprint density at radius 1 is 1.16 bits per heavy atom. The quantitative estimate of drug-likeness (QED) is 0.222. The summed E-state index contributed by atoms with van der Waals surface area (Å²) in [6.07, 6.45) is -9.21. The third-order valence-corrected chi connectivity index (χ3v) is 4.18. The van der Waals surface area contributed by atoms with Gasteiger partial charge in [-0.15, -0.1) is 0 Å². The molecule has 6 unspecified atom stereocenters. The topological polar surface area (TPSA) is 169 Å². The average molecular weight is 367 g/mol. The fraction of sp³-hybridized carbons (Fsp3) is 0.933. The Morgan fingerprint density at radius 2 is 1.80 bits per heavy atom. The molecule has 0 radical (unpaired) electrons.